The summed E-state index contributed by atoms with van der Waals surface area (Å²) < 4.78 is 11.5. The van der Waals surface area contributed by atoms with E-state index in [9.17, 15) is 4.79 Å². The molecule has 5 nitrogen and oxygen atoms in total. The van der Waals surface area contributed by atoms with Gasteiger partial charge in [-0.05, 0) is 85.4 Å². The molecule has 1 unspecified atom stereocenters. The third-order valence-corrected chi connectivity index (χ3v) is 5.73. The lowest BCUT2D eigenvalue weighted by Gasteiger charge is -2.13. The van der Waals surface area contributed by atoms with Crippen LogP contribution in [0.15, 0.2) is 77.8 Å². The second kappa shape index (κ2) is 9.56. The number of ether oxygens (including phenoxy) is 2. The number of fused-ring (bicyclic) bond motifs is 1. The molecule has 0 spiro atoms. The molecular formula is C23H16Cl2N2O3S. The zero-order chi connectivity index (χ0) is 21.8. The Balaban J connectivity index is 1.37. The summed E-state index contributed by atoms with van der Waals surface area (Å²) in [4.78, 5) is 21.9. The van der Waals surface area contributed by atoms with Gasteiger partial charge in [-0.15, -0.1) is 0 Å². The van der Waals surface area contributed by atoms with E-state index in [1.165, 1.54) is 6.20 Å². The second-order valence-electron chi connectivity index (χ2n) is 6.55. The van der Waals surface area contributed by atoms with Gasteiger partial charge in [-0.2, -0.15) is 0 Å². The fourth-order valence-corrected chi connectivity index (χ4v) is 3.69. The number of hydrogen-bond donors (Lipinski definition) is 0. The highest BCUT2D eigenvalue weighted by molar-refractivity contribution is 8.13. The molecule has 0 aliphatic carbocycles. The van der Waals surface area contributed by atoms with Crippen LogP contribution in [0.4, 0.5) is 0 Å². The van der Waals surface area contributed by atoms with Crippen molar-refractivity contribution in [3.63, 3.8) is 0 Å². The summed E-state index contributed by atoms with van der Waals surface area (Å²) >= 11 is 13.0. The molecule has 3 aromatic carbocycles. The standard InChI is InChI=1S/C23H16Cl2N2O3S/c1-14(23(28)31-19-9-2-15(24)3-10-19)29-17-5-7-18(8-6-17)30-22-13-26-21-12-16(25)4-11-20(21)27-22/h2-14H,1H3. The van der Waals surface area contributed by atoms with Crippen molar-refractivity contribution in [2.75, 3.05) is 0 Å². The van der Waals surface area contributed by atoms with Crippen molar-refractivity contribution in [2.45, 2.75) is 17.9 Å². The van der Waals surface area contributed by atoms with Gasteiger partial charge in [-0.3, -0.25) is 4.79 Å². The van der Waals surface area contributed by atoms with Gasteiger partial charge in [-0.25, -0.2) is 9.97 Å². The van der Waals surface area contributed by atoms with E-state index >= 15 is 0 Å². The van der Waals surface area contributed by atoms with Crippen LogP contribution in [0.5, 0.6) is 17.4 Å². The van der Waals surface area contributed by atoms with Crippen LogP contribution in [0.2, 0.25) is 10.0 Å². The van der Waals surface area contributed by atoms with Crippen molar-refractivity contribution in [1.29, 1.82) is 0 Å². The maximum absolute atomic E-state index is 12.4. The van der Waals surface area contributed by atoms with Crippen molar-refractivity contribution in [1.82, 2.24) is 9.97 Å². The largest absolute Gasteiger partial charge is 0.482 e. The van der Waals surface area contributed by atoms with Crippen LogP contribution in [0.3, 0.4) is 0 Å². The molecule has 0 saturated carbocycles. The lowest BCUT2D eigenvalue weighted by atomic mass is 10.3. The molecule has 1 atom stereocenters. The summed E-state index contributed by atoms with van der Waals surface area (Å²) in [5.41, 5.74) is 1.38. The van der Waals surface area contributed by atoms with Gasteiger partial charge in [0.15, 0.2) is 6.10 Å². The molecule has 0 saturated heterocycles. The minimum atomic E-state index is -0.620. The maximum atomic E-state index is 12.4. The van der Waals surface area contributed by atoms with Crippen molar-refractivity contribution < 1.29 is 14.3 Å². The summed E-state index contributed by atoms with van der Waals surface area (Å²) in [5, 5.41) is 1.13. The molecule has 0 N–H and O–H groups in total. The monoisotopic (exact) mass is 470 g/mol. The molecule has 4 rings (SSSR count). The van der Waals surface area contributed by atoms with Gasteiger partial charge in [0.1, 0.15) is 11.5 Å². The Morgan fingerprint density at radius 1 is 0.903 bits per heavy atom. The Hall–Kier alpha value is -2.80. The minimum Gasteiger partial charge on any atom is -0.482 e. The number of halogens is 2. The number of aromatic nitrogens is 2. The Bertz CT molecular complexity index is 1220. The topological polar surface area (TPSA) is 61.3 Å². The van der Waals surface area contributed by atoms with Crippen LogP contribution in [0.1, 0.15) is 6.92 Å². The molecule has 1 aromatic heterocycles. The smallest absolute Gasteiger partial charge is 0.238 e. The Kier molecular flexibility index (Phi) is 6.61. The fourth-order valence-electron chi connectivity index (χ4n) is 2.68. The molecule has 0 radical (unpaired) electrons. The first-order valence-electron chi connectivity index (χ1n) is 9.30. The van der Waals surface area contributed by atoms with Crippen molar-refractivity contribution >= 4 is 51.1 Å². The first-order valence-corrected chi connectivity index (χ1v) is 10.9. The highest BCUT2D eigenvalue weighted by Gasteiger charge is 2.16. The van der Waals surface area contributed by atoms with Gasteiger partial charge in [0.2, 0.25) is 11.0 Å². The predicted molar refractivity (Wildman–Crippen MR) is 123 cm³/mol. The van der Waals surface area contributed by atoms with Gasteiger partial charge in [0.05, 0.1) is 17.2 Å². The predicted octanol–water partition coefficient (Wildman–Crippen LogP) is 6.82. The summed E-state index contributed by atoms with van der Waals surface area (Å²) in [5.74, 6) is 1.50. The summed E-state index contributed by atoms with van der Waals surface area (Å²) in [6.07, 6.45) is 0.920. The van der Waals surface area contributed by atoms with E-state index in [0.29, 0.717) is 38.5 Å². The molecule has 1 heterocycles. The highest BCUT2D eigenvalue weighted by Crippen LogP contribution is 2.27. The first-order chi connectivity index (χ1) is 15.0. The maximum Gasteiger partial charge on any atom is 0.238 e. The first kappa shape index (κ1) is 21.4. The van der Waals surface area contributed by atoms with Crippen LogP contribution in [-0.4, -0.2) is 21.2 Å². The number of benzene rings is 3. The minimum absolute atomic E-state index is 0.103. The van der Waals surface area contributed by atoms with E-state index in [-0.39, 0.29) is 5.12 Å². The SMILES string of the molecule is CC(Oc1ccc(Oc2cnc3cc(Cl)ccc3n2)cc1)C(=O)Sc1ccc(Cl)cc1. The molecule has 0 bridgehead atoms. The molecule has 31 heavy (non-hydrogen) atoms. The van der Waals surface area contributed by atoms with Crippen molar-refractivity contribution in [2.24, 2.45) is 0 Å². The van der Waals surface area contributed by atoms with Crippen molar-refractivity contribution in [3.8, 4) is 17.4 Å². The third kappa shape index (κ3) is 5.67. The average molecular weight is 471 g/mol. The number of hydrogen-bond acceptors (Lipinski definition) is 6. The number of thioether (sulfide) groups is 1. The lowest BCUT2D eigenvalue weighted by Crippen LogP contribution is -2.20. The zero-order valence-corrected chi connectivity index (χ0v) is 18.6. The Labute approximate surface area is 193 Å². The van der Waals surface area contributed by atoms with Gasteiger partial charge >= 0.3 is 0 Å². The normalized spacial score (nSPS) is 11.8. The van der Waals surface area contributed by atoms with Gasteiger partial charge < -0.3 is 9.47 Å². The van der Waals surface area contributed by atoms with E-state index in [4.69, 9.17) is 32.7 Å². The van der Waals surface area contributed by atoms with Gasteiger partial charge in [0, 0.05) is 14.9 Å². The third-order valence-electron chi connectivity index (χ3n) is 4.21. The molecule has 0 fully saturated rings. The van der Waals surface area contributed by atoms with Crippen LogP contribution in [-0.2, 0) is 4.79 Å². The number of carbonyl (C=O) groups excluding carboxylic acids is 1. The summed E-state index contributed by atoms with van der Waals surface area (Å²) in [6, 6.07) is 19.3. The molecule has 0 amide bonds. The van der Waals surface area contributed by atoms with E-state index in [1.54, 1.807) is 73.7 Å². The van der Waals surface area contributed by atoms with Crippen LogP contribution < -0.4 is 9.47 Å². The second-order valence-corrected chi connectivity index (χ2v) is 8.50. The van der Waals surface area contributed by atoms with Crippen LogP contribution in [0, 0.1) is 0 Å². The number of rotatable bonds is 6. The molecular weight excluding hydrogens is 455 g/mol. The van der Waals surface area contributed by atoms with Gasteiger partial charge in [0.25, 0.3) is 0 Å². The average Bonchev–Trinajstić information content (AvgIpc) is 2.76. The lowest BCUT2D eigenvalue weighted by molar-refractivity contribution is -0.116. The molecule has 156 valence electrons. The van der Waals surface area contributed by atoms with E-state index in [1.807, 2.05) is 0 Å². The molecule has 0 aliphatic rings. The van der Waals surface area contributed by atoms with Crippen molar-refractivity contribution in [3.05, 3.63) is 83.0 Å². The number of carbonyl (C=O) groups is 1. The molecule has 4 aromatic rings. The van der Waals surface area contributed by atoms with E-state index in [2.05, 4.69) is 9.97 Å². The fraction of sp³-hybridized carbons (Fsp3) is 0.0870. The molecule has 0 aliphatic heterocycles. The summed E-state index contributed by atoms with van der Waals surface area (Å²) in [7, 11) is 0. The quantitative estimate of drug-likeness (QED) is 0.288. The zero-order valence-electron chi connectivity index (χ0n) is 16.3. The van der Waals surface area contributed by atoms with Gasteiger partial charge in [-0.1, -0.05) is 23.2 Å². The highest BCUT2D eigenvalue weighted by atomic mass is 35.5. The Morgan fingerprint density at radius 3 is 2.32 bits per heavy atom. The van der Waals surface area contributed by atoms with E-state index < -0.39 is 6.10 Å². The molecule has 8 heteroatoms. The van der Waals surface area contributed by atoms with Crippen LogP contribution in [0.25, 0.3) is 11.0 Å². The number of nitrogens with zero attached hydrogens (tertiary/aromatic N) is 2. The Morgan fingerprint density at radius 2 is 1.58 bits per heavy atom. The van der Waals surface area contributed by atoms with Crippen LogP contribution >= 0.6 is 35.0 Å². The van der Waals surface area contributed by atoms with E-state index in [0.717, 1.165) is 16.7 Å². The summed E-state index contributed by atoms with van der Waals surface area (Å²) in [6.45, 7) is 1.71.